The SMILES string of the molecule is C=C(N)Cc1c(Cc2ccc(F)cc2)ncn1Cc1cccc(O)c1.C=C(N)Cc1c(Cc2cccc(C(=O)O)c2)ncn1Cc1cccc(O)c1.C=C(N)Cc1c(Cc2cncnc2)ncn1Cc1cccc(O)c1.CC(O)Cc1c(-c2ccc(F)cc2)ncn1Cc1cccc(O)c1.CC(O)Cc1c(-c2cccc(C(=O)O)c2)ncn1Cc1cccc(O)c1.CC(O)Cc1c(-c2cncnc2)ncn1Cc1cccc(O)c1. The average Bonchev–Trinajstić information content (AvgIpc) is 1.67. The summed E-state index contributed by atoms with van der Waals surface area (Å²) in [7, 11) is 0. The molecule has 764 valence electrons. The molecule has 8 heterocycles. The van der Waals surface area contributed by atoms with Crippen molar-refractivity contribution in [1.29, 1.82) is 0 Å². The second-order valence-corrected chi connectivity index (χ2v) is 35.9. The molecule has 34 heteroatoms. The zero-order valence-electron chi connectivity index (χ0n) is 82.4. The summed E-state index contributed by atoms with van der Waals surface area (Å²) in [5, 5.41) is 106. The van der Waals surface area contributed by atoms with Crippen LogP contribution in [0.4, 0.5) is 8.78 Å². The molecule has 18 rings (SSSR count). The Hall–Kier alpha value is -18.3. The highest BCUT2D eigenvalue weighted by Crippen LogP contribution is 2.32. The number of phenols is 6. The maximum atomic E-state index is 13.2. The molecule has 8 aromatic heterocycles. The van der Waals surface area contributed by atoms with Gasteiger partial charge in [-0.2, -0.15) is 0 Å². The smallest absolute Gasteiger partial charge is 0.335 e. The number of rotatable bonds is 35. The van der Waals surface area contributed by atoms with Crippen molar-refractivity contribution in [2.75, 3.05) is 0 Å². The third-order valence-corrected chi connectivity index (χ3v) is 23.3. The van der Waals surface area contributed by atoms with Gasteiger partial charge in [0, 0.05) is 190 Å². The summed E-state index contributed by atoms with van der Waals surface area (Å²) in [6.07, 6.45) is 23.3. The van der Waals surface area contributed by atoms with Gasteiger partial charge >= 0.3 is 11.9 Å². The van der Waals surface area contributed by atoms with E-state index in [1.54, 1.807) is 235 Å². The maximum absolute atomic E-state index is 13.2. The van der Waals surface area contributed by atoms with Gasteiger partial charge in [0.2, 0.25) is 0 Å². The molecule has 32 nitrogen and oxygen atoms in total. The van der Waals surface area contributed by atoms with Crippen LogP contribution >= 0.6 is 0 Å². The zero-order chi connectivity index (χ0) is 106. The minimum Gasteiger partial charge on any atom is -0.508 e. The Morgan fingerprint density at radius 1 is 0.302 bits per heavy atom. The molecule has 0 aliphatic rings. The summed E-state index contributed by atoms with van der Waals surface area (Å²) in [5.74, 6) is -1.18. The zero-order valence-corrected chi connectivity index (χ0v) is 82.4. The van der Waals surface area contributed by atoms with E-state index in [9.17, 15) is 74.5 Å². The van der Waals surface area contributed by atoms with Gasteiger partial charge in [0.25, 0.3) is 0 Å². The number of carboxylic acids is 2. The van der Waals surface area contributed by atoms with E-state index >= 15 is 0 Å². The Labute approximate surface area is 859 Å². The molecule has 3 unspecified atom stereocenters. The number of aromatic hydroxyl groups is 6. The maximum Gasteiger partial charge on any atom is 0.335 e. The van der Waals surface area contributed by atoms with E-state index in [0.717, 1.165) is 124 Å². The van der Waals surface area contributed by atoms with Crippen molar-refractivity contribution in [1.82, 2.24) is 77.2 Å². The number of carbonyl (C=O) groups is 2. The van der Waals surface area contributed by atoms with Crippen LogP contribution in [-0.4, -0.2) is 164 Å². The quantitative estimate of drug-likeness (QED) is 0.0175. The van der Waals surface area contributed by atoms with Crippen LogP contribution in [0.25, 0.3) is 33.8 Å². The number of allylic oxidation sites excluding steroid dienone is 3. The van der Waals surface area contributed by atoms with E-state index in [1.807, 2.05) is 88.1 Å². The van der Waals surface area contributed by atoms with E-state index < -0.39 is 30.3 Å². The second-order valence-electron chi connectivity index (χ2n) is 35.9. The lowest BCUT2D eigenvalue weighted by molar-refractivity contribution is 0.0686. The highest BCUT2D eigenvalue weighted by atomic mass is 19.1. The predicted molar refractivity (Wildman–Crippen MR) is 563 cm³/mol. The van der Waals surface area contributed by atoms with Gasteiger partial charge in [-0.25, -0.2) is 68.2 Å². The van der Waals surface area contributed by atoms with Crippen LogP contribution < -0.4 is 17.2 Å². The number of carboxylic acid groups (broad SMARTS) is 2. The summed E-state index contributed by atoms with van der Waals surface area (Å²) in [5.41, 5.74) is 40.7. The van der Waals surface area contributed by atoms with Gasteiger partial charge in [-0.05, 0) is 204 Å². The molecule has 0 saturated heterocycles. The van der Waals surface area contributed by atoms with Crippen molar-refractivity contribution in [2.45, 2.75) is 136 Å². The number of aromatic carboxylic acids is 2. The molecule has 0 fully saturated rings. The van der Waals surface area contributed by atoms with Crippen LogP contribution in [0.5, 0.6) is 34.5 Å². The summed E-state index contributed by atoms with van der Waals surface area (Å²) in [6.45, 7) is 19.9. The first kappa shape index (κ1) is 108. The van der Waals surface area contributed by atoms with Crippen molar-refractivity contribution in [2.24, 2.45) is 17.2 Å². The number of aliphatic hydroxyl groups excluding tert-OH is 3. The first-order valence-electron chi connectivity index (χ1n) is 47.5. The Kier molecular flexibility index (Phi) is 37.9. The normalized spacial score (nSPS) is 11.4. The van der Waals surface area contributed by atoms with E-state index in [4.69, 9.17) is 17.2 Å². The topological polar surface area (TPSA) is 493 Å². The minimum absolute atomic E-state index is 0.188. The number of hydrogen-bond acceptors (Lipinski definition) is 24. The van der Waals surface area contributed by atoms with Crippen molar-refractivity contribution in [3.8, 4) is 68.3 Å². The lowest BCUT2D eigenvalue weighted by atomic mass is 10.0. The molecule has 3 atom stereocenters. The third kappa shape index (κ3) is 32.4. The lowest BCUT2D eigenvalue weighted by Crippen LogP contribution is -2.11. The number of aliphatic hydroxyl groups is 3. The number of halogens is 2. The molecule has 0 amide bonds. The molecule has 0 saturated carbocycles. The van der Waals surface area contributed by atoms with Crippen LogP contribution in [0, 0.1) is 11.6 Å². The Bertz CT molecular complexity index is 7550. The predicted octanol–water partition coefficient (Wildman–Crippen LogP) is 16.7. The van der Waals surface area contributed by atoms with Crippen LogP contribution in [-0.2, 0) is 97.1 Å². The van der Waals surface area contributed by atoms with Crippen molar-refractivity contribution < 1.29 is 74.5 Å². The van der Waals surface area contributed by atoms with E-state index in [2.05, 4.69) is 69.6 Å². The van der Waals surface area contributed by atoms with Crippen LogP contribution in [0.3, 0.4) is 0 Å². The molecule has 0 aliphatic carbocycles. The standard InChI is InChI=1S/C21H21N3O3.C20H20FN3O.C20H20N2O4.C19H19FN2O2.C18H19N5O.C17H18N4O2/c1-14(22)8-20-19(11-15-4-2-6-17(9-15)21(26)27)23-13-24(20)12-16-5-3-7-18(25)10-16;1-14(22)9-20-19(11-15-5-7-17(21)8-6-15)23-13-24(20)12-16-3-2-4-18(25)10-16;1-13(23)8-18-19(15-5-3-6-16(10-15)20(25)26)21-12-22(18)11-14-4-2-7-17(24)9-14;1-13(23)9-18-19(15-5-7-16(20)8-6-15)21-12-22(18)11-14-3-2-4-17(24)10-14;1-13(19)5-18-17(7-15-8-20-11-21-9-15)22-12-23(18)10-14-3-2-4-16(24)6-14;1-12(22)5-16-17(14-7-18-10-19-8-14)20-11-21(16)9-13-3-2-4-15(23)6-13/h2-7,9-10,13,25H,1,8,11-12,22H2,(H,26,27);2-8,10,13,25H,1,9,11-12,22H2;2-7,9-10,12-13,23-24H,8,11H2,1H3,(H,25,26);2-8,10,12-13,23-24H,9,11H2,1H3;2-4,6,8-9,11-12,24H,1,5,7,10,19H2;2-4,6-8,10-12,22-23H,5,9H2,1H3. The molecular formula is C115H117F2N19O13. The molecular weight excluding hydrogens is 1890 g/mol. The van der Waals surface area contributed by atoms with Gasteiger partial charge in [-0.15, -0.1) is 0 Å². The van der Waals surface area contributed by atoms with Gasteiger partial charge in [-0.3, -0.25) is 0 Å². The fourth-order valence-electron chi connectivity index (χ4n) is 16.6. The molecule has 18 aromatic rings. The monoisotopic (exact) mass is 2010 g/mol. The highest BCUT2D eigenvalue weighted by Gasteiger charge is 2.24. The molecule has 0 spiro atoms. The fraction of sp³-hybridized carbons (Fsp3) is 0.183. The molecule has 10 aromatic carbocycles. The van der Waals surface area contributed by atoms with Crippen molar-refractivity contribution >= 4 is 11.9 Å². The first-order chi connectivity index (χ1) is 71.6. The number of imidazole rings is 6. The number of nitrogens with two attached hydrogens (primary N) is 3. The molecule has 0 bridgehead atoms. The minimum atomic E-state index is -0.997. The first-order valence-corrected chi connectivity index (χ1v) is 47.5. The Morgan fingerprint density at radius 2 is 0.570 bits per heavy atom. The van der Waals surface area contributed by atoms with Gasteiger partial charge in [-0.1, -0.05) is 129 Å². The summed E-state index contributed by atoms with van der Waals surface area (Å²) in [6, 6.07) is 68.4. The summed E-state index contributed by atoms with van der Waals surface area (Å²) in [4.78, 5) is 65.5. The number of benzene rings is 10. The third-order valence-electron chi connectivity index (χ3n) is 23.3. The number of nitrogens with zero attached hydrogens (tertiary/aromatic N) is 16. The van der Waals surface area contributed by atoms with Gasteiger partial charge in [0.15, 0.2) is 0 Å². The van der Waals surface area contributed by atoms with Crippen molar-refractivity contribution in [3.05, 3.63) is 479 Å². The van der Waals surface area contributed by atoms with Crippen LogP contribution in [0.2, 0.25) is 0 Å². The van der Waals surface area contributed by atoms with Crippen molar-refractivity contribution in [3.63, 3.8) is 0 Å². The van der Waals surface area contributed by atoms with Crippen LogP contribution in [0.1, 0.15) is 143 Å². The molecule has 149 heavy (non-hydrogen) atoms. The van der Waals surface area contributed by atoms with Gasteiger partial charge in [0.05, 0.1) is 102 Å². The largest absolute Gasteiger partial charge is 0.508 e. The summed E-state index contributed by atoms with van der Waals surface area (Å²) >= 11 is 0. The fourth-order valence-corrected chi connectivity index (χ4v) is 16.6. The lowest BCUT2D eigenvalue weighted by Gasteiger charge is -2.12. The van der Waals surface area contributed by atoms with Gasteiger partial charge < -0.3 is 101 Å². The molecule has 0 radical (unpaired) electrons. The number of hydrogen-bond donors (Lipinski definition) is 14. The van der Waals surface area contributed by atoms with E-state index in [0.29, 0.717) is 125 Å². The molecule has 17 N–H and O–H groups in total. The van der Waals surface area contributed by atoms with E-state index in [-0.39, 0.29) is 57.3 Å². The Balaban J connectivity index is 0.000000149. The number of phenolic OH excluding ortho intramolecular Hbond substituents is 6. The second kappa shape index (κ2) is 52.3. The highest BCUT2D eigenvalue weighted by molar-refractivity contribution is 5.89. The van der Waals surface area contributed by atoms with E-state index in [1.165, 1.54) is 43.0 Å². The summed E-state index contributed by atoms with van der Waals surface area (Å²) < 4.78 is 38.1. The Morgan fingerprint density at radius 3 is 0.893 bits per heavy atom. The van der Waals surface area contributed by atoms with Crippen LogP contribution in [0.15, 0.2) is 355 Å². The van der Waals surface area contributed by atoms with Gasteiger partial charge in [0.1, 0.15) is 58.8 Å². The molecule has 0 aliphatic heterocycles. The average molecular weight is 2010 g/mol. The number of aromatic nitrogens is 16.